The van der Waals surface area contributed by atoms with Crippen molar-refractivity contribution in [1.29, 1.82) is 0 Å². The molecule has 0 bridgehead atoms. The second-order valence-electron chi connectivity index (χ2n) is 4.98. The zero-order chi connectivity index (χ0) is 14.8. The molecule has 0 spiro atoms. The molecule has 1 rings (SSSR count). The van der Waals surface area contributed by atoms with Gasteiger partial charge in [-0.1, -0.05) is 37.5 Å². The molecule has 0 aliphatic rings. The molecule has 0 aliphatic carbocycles. The van der Waals surface area contributed by atoms with Crippen molar-refractivity contribution < 1.29 is 16.1 Å². The summed E-state index contributed by atoms with van der Waals surface area (Å²) in [7, 11) is 0. The Kier molecular flexibility index (Phi) is 7.40. The average Bonchev–Trinajstić information content (AvgIpc) is 2.41. The van der Waals surface area contributed by atoms with Gasteiger partial charge in [0, 0.05) is 20.0 Å². The van der Waals surface area contributed by atoms with Crippen LogP contribution in [0.1, 0.15) is 55.9 Å². The summed E-state index contributed by atoms with van der Waals surface area (Å²) in [6, 6.07) is 7.54. The second kappa shape index (κ2) is 9.13. The van der Waals surface area contributed by atoms with Gasteiger partial charge in [-0.15, -0.1) is 0 Å². The van der Waals surface area contributed by atoms with Gasteiger partial charge in [0.05, 0.1) is 0 Å². The molecule has 4 heteroatoms. The van der Waals surface area contributed by atoms with E-state index in [1.54, 1.807) is 0 Å². The van der Waals surface area contributed by atoms with E-state index in [2.05, 4.69) is 5.32 Å². The summed E-state index contributed by atoms with van der Waals surface area (Å²) >= 11 is 0. The van der Waals surface area contributed by atoms with E-state index in [9.17, 15) is 9.59 Å². The van der Waals surface area contributed by atoms with Crippen LogP contribution in [0.3, 0.4) is 0 Å². The molecule has 0 atom stereocenters. The minimum absolute atomic E-state index is 0. The normalized spacial score (nSPS) is 10.2. The minimum Gasteiger partial charge on any atom is -0.481 e. The van der Waals surface area contributed by atoms with E-state index < -0.39 is 5.97 Å². The molecular formula is C16H25NO3. The highest BCUT2D eigenvalue weighted by molar-refractivity contribution is 5.95. The summed E-state index contributed by atoms with van der Waals surface area (Å²) in [5, 5.41) is 11.4. The number of hydrogen-bond donors (Lipinski definition) is 2. The van der Waals surface area contributed by atoms with Crippen molar-refractivity contribution in [1.82, 2.24) is 5.32 Å². The summed E-state index contributed by atoms with van der Waals surface area (Å²) in [4.78, 5) is 22.2. The summed E-state index contributed by atoms with van der Waals surface area (Å²) < 4.78 is 0. The fourth-order valence-electron chi connectivity index (χ4n) is 2.06. The Labute approximate surface area is 121 Å². The van der Waals surface area contributed by atoms with Gasteiger partial charge in [-0.3, -0.25) is 9.59 Å². The van der Waals surface area contributed by atoms with Crippen molar-refractivity contribution in [3.63, 3.8) is 0 Å². The summed E-state index contributed by atoms with van der Waals surface area (Å²) in [5.74, 6) is -0.746. The van der Waals surface area contributed by atoms with Crippen molar-refractivity contribution in [2.45, 2.75) is 45.4 Å². The van der Waals surface area contributed by atoms with Gasteiger partial charge < -0.3 is 10.4 Å². The number of rotatable bonds is 9. The van der Waals surface area contributed by atoms with Crippen molar-refractivity contribution >= 4 is 11.9 Å². The molecule has 0 saturated heterocycles. The molecular weight excluding hydrogens is 254 g/mol. The van der Waals surface area contributed by atoms with Gasteiger partial charge in [-0.25, -0.2) is 0 Å². The molecule has 1 aromatic carbocycles. The molecule has 1 aromatic rings. The fourth-order valence-corrected chi connectivity index (χ4v) is 2.06. The van der Waals surface area contributed by atoms with E-state index in [1.165, 1.54) is 0 Å². The highest BCUT2D eigenvalue weighted by Crippen LogP contribution is 2.07. The number of carboxylic acids is 1. The zero-order valence-electron chi connectivity index (χ0n) is 12.0. The third kappa shape index (κ3) is 6.36. The third-order valence-corrected chi connectivity index (χ3v) is 3.24. The number of carboxylic acid groups (broad SMARTS) is 1. The maximum atomic E-state index is 11.9. The Morgan fingerprint density at radius 3 is 2.45 bits per heavy atom. The van der Waals surface area contributed by atoms with Crippen LogP contribution in [0.15, 0.2) is 24.3 Å². The van der Waals surface area contributed by atoms with E-state index in [0.29, 0.717) is 6.54 Å². The van der Waals surface area contributed by atoms with Crippen LogP contribution in [0.25, 0.3) is 0 Å². The number of aryl methyl sites for hydroxylation is 1. The maximum absolute atomic E-state index is 11.9. The van der Waals surface area contributed by atoms with Gasteiger partial charge >= 0.3 is 5.97 Å². The van der Waals surface area contributed by atoms with E-state index in [1.807, 2.05) is 31.2 Å². The molecule has 0 aliphatic heterocycles. The Morgan fingerprint density at radius 1 is 1.10 bits per heavy atom. The first-order valence-electron chi connectivity index (χ1n) is 7.17. The number of amides is 1. The van der Waals surface area contributed by atoms with Gasteiger partial charge in [-0.05, 0) is 31.4 Å². The van der Waals surface area contributed by atoms with E-state index in [-0.39, 0.29) is 13.8 Å². The lowest BCUT2D eigenvalue weighted by atomic mass is 10.1. The quantitative estimate of drug-likeness (QED) is 0.681. The van der Waals surface area contributed by atoms with Crippen LogP contribution < -0.4 is 5.32 Å². The predicted molar refractivity (Wildman–Crippen MR) is 81.0 cm³/mol. The van der Waals surface area contributed by atoms with Crippen LogP contribution >= 0.6 is 0 Å². The standard InChI is InChI=1S/C16H23NO3.H2/c1-13-9-6-7-10-14(13)16(20)17-12-8-4-2-3-5-11-15(18)19;/h6-7,9-10H,2-5,8,11-12H2,1H3,(H,17,20)(H,18,19);1H. The van der Waals surface area contributed by atoms with Crippen molar-refractivity contribution in [3.8, 4) is 0 Å². The van der Waals surface area contributed by atoms with E-state index in [4.69, 9.17) is 5.11 Å². The van der Waals surface area contributed by atoms with Gasteiger partial charge in [-0.2, -0.15) is 0 Å². The number of carbonyl (C=O) groups excluding carboxylic acids is 1. The molecule has 0 radical (unpaired) electrons. The van der Waals surface area contributed by atoms with Gasteiger partial charge in [0.1, 0.15) is 0 Å². The van der Waals surface area contributed by atoms with Gasteiger partial charge in [0.15, 0.2) is 0 Å². The molecule has 112 valence electrons. The van der Waals surface area contributed by atoms with Crippen LogP contribution in [-0.2, 0) is 4.79 Å². The molecule has 2 N–H and O–H groups in total. The second-order valence-corrected chi connectivity index (χ2v) is 4.98. The number of unbranched alkanes of at least 4 members (excludes halogenated alkanes) is 4. The highest BCUT2D eigenvalue weighted by Gasteiger charge is 2.06. The SMILES string of the molecule is Cc1ccccc1C(=O)NCCCCCCCC(=O)O.[HH]. The molecule has 20 heavy (non-hydrogen) atoms. The molecule has 1 amide bonds. The lowest BCUT2D eigenvalue weighted by molar-refractivity contribution is -0.137. The van der Waals surface area contributed by atoms with Crippen LogP contribution in [0.4, 0.5) is 0 Å². The molecule has 0 aromatic heterocycles. The number of aliphatic carboxylic acids is 1. The van der Waals surface area contributed by atoms with Gasteiger partial charge in [0.25, 0.3) is 5.91 Å². The fraction of sp³-hybridized carbons (Fsp3) is 0.500. The minimum atomic E-state index is -0.726. The summed E-state index contributed by atoms with van der Waals surface area (Å²) in [6.07, 6.45) is 4.92. The Hall–Kier alpha value is -1.84. The molecule has 4 nitrogen and oxygen atoms in total. The average molecular weight is 279 g/mol. The molecule has 0 fully saturated rings. The van der Waals surface area contributed by atoms with Crippen LogP contribution in [0.5, 0.6) is 0 Å². The van der Waals surface area contributed by atoms with E-state index in [0.717, 1.165) is 43.2 Å². The Balaban J connectivity index is 0.00000400. The van der Waals surface area contributed by atoms with Crippen molar-refractivity contribution in [2.75, 3.05) is 6.54 Å². The summed E-state index contributed by atoms with van der Waals surface area (Å²) in [6.45, 7) is 2.60. The third-order valence-electron chi connectivity index (χ3n) is 3.24. The largest absolute Gasteiger partial charge is 0.481 e. The number of hydrogen-bond acceptors (Lipinski definition) is 2. The van der Waals surface area contributed by atoms with Crippen LogP contribution in [0, 0.1) is 6.92 Å². The number of benzene rings is 1. The number of carbonyl (C=O) groups is 2. The zero-order valence-corrected chi connectivity index (χ0v) is 12.0. The van der Waals surface area contributed by atoms with Crippen LogP contribution in [-0.4, -0.2) is 23.5 Å². The lowest BCUT2D eigenvalue weighted by Gasteiger charge is -2.07. The monoisotopic (exact) mass is 279 g/mol. The predicted octanol–water partition coefficient (Wildman–Crippen LogP) is 3.40. The van der Waals surface area contributed by atoms with Gasteiger partial charge in [0.2, 0.25) is 0 Å². The number of nitrogens with one attached hydrogen (secondary N) is 1. The molecule has 0 saturated carbocycles. The smallest absolute Gasteiger partial charge is 0.303 e. The van der Waals surface area contributed by atoms with Crippen molar-refractivity contribution in [2.24, 2.45) is 0 Å². The van der Waals surface area contributed by atoms with E-state index >= 15 is 0 Å². The first-order chi connectivity index (χ1) is 9.61. The summed E-state index contributed by atoms with van der Waals surface area (Å²) in [5.41, 5.74) is 1.72. The maximum Gasteiger partial charge on any atom is 0.303 e. The highest BCUT2D eigenvalue weighted by atomic mass is 16.4. The first-order valence-corrected chi connectivity index (χ1v) is 7.17. The molecule has 0 unspecified atom stereocenters. The lowest BCUT2D eigenvalue weighted by Crippen LogP contribution is -2.25. The Bertz CT molecular complexity index is 449. The molecule has 0 heterocycles. The van der Waals surface area contributed by atoms with Crippen LogP contribution in [0.2, 0.25) is 0 Å². The topological polar surface area (TPSA) is 66.4 Å². The first kappa shape index (κ1) is 16.2. The van der Waals surface area contributed by atoms with Crippen molar-refractivity contribution in [3.05, 3.63) is 35.4 Å². The Morgan fingerprint density at radius 2 is 1.75 bits per heavy atom.